The second-order valence-corrected chi connectivity index (χ2v) is 6.47. The molecule has 1 N–H and O–H groups in total. The van der Waals surface area contributed by atoms with Crippen LogP contribution in [0.5, 0.6) is 0 Å². The molecule has 1 atom stereocenters. The van der Waals surface area contributed by atoms with Crippen molar-refractivity contribution in [1.29, 1.82) is 5.26 Å². The first kappa shape index (κ1) is 14.4. The van der Waals surface area contributed by atoms with E-state index in [9.17, 15) is 10.1 Å². The Hall–Kier alpha value is -1.04. The van der Waals surface area contributed by atoms with Gasteiger partial charge in [-0.05, 0) is 50.4 Å². The van der Waals surface area contributed by atoms with Gasteiger partial charge in [-0.3, -0.25) is 4.79 Å². The van der Waals surface area contributed by atoms with Crippen molar-refractivity contribution in [3.05, 3.63) is 0 Å². The van der Waals surface area contributed by atoms with Crippen LogP contribution in [-0.2, 0) is 4.79 Å². The Kier molecular flexibility index (Phi) is 5.24. The van der Waals surface area contributed by atoms with Crippen molar-refractivity contribution >= 4 is 5.91 Å². The van der Waals surface area contributed by atoms with Gasteiger partial charge in [-0.25, -0.2) is 0 Å². The van der Waals surface area contributed by atoms with Crippen molar-refractivity contribution in [2.24, 2.45) is 17.8 Å². The molecule has 0 spiro atoms. The lowest BCUT2D eigenvalue weighted by atomic mass is 9.81. The molecule has 2 rings (SSSR count). The number of rotatable bonds is 3. The highest BCUT2D eigenvalue weighted by atomic mass is 16.1. The van der Waals surface area contributed by atoms with Crippen LogP contribution >= 0.6 is 0 Å². The highest BCUT2D eigenvalue weighted by Crippen LogP contribution is 2.30. The molecule has 2 aliphatic carbocycles. The predicted octanol–water partition coefficient (Wildman–Crippen LogP) is 3.40. The molecule has 0 bridgehead atoms. The zero-order valence-corrected chi connectivity index (χ0v) is 12.0. The van der Waals surface area contributed by atoms with Gasteiger partial charge >= 0.3 is 0 Å². The van der Waals surface area contributed by atoms with Crippen molar-refractivity contribution in [3.8, 4) is 6.07 Å². The molecule has 19 heavy (non-hydrogen) atoms. The van der Waals surface area contributed by atoms with Crippen LogP contribution in [0.4, 0.5) is 0 Å². The summed E-state index contributed by atoms with van der Waals surface area (Å²) in [7, 11) is 0. The van der Waals surface area contributed by atoms with Gasteiger partial charge in [0.2, 0.25) is 5.91 Å². The quantitative estimate of drug-likeness (QED) is 0.847. The molecule has 3 nitrogen and oxygen atoms in total. The molecule has 0 saturated heterocycles. The first-order valence-electron chi connectivity index (χ1n) is 7.90. The van der Waals surface area contributed by atoms with Gasteiger partial charge in [0.1, 0.15) is 6.04 Å². The minimum absolute atomic E-state index is 0.129. The summed E-state index contributed by atoms with van der Waals surface area (Å²) in [5, 5.41) is 12.3. The zero-order chi connectivity index (χ0) is 13.7. The number of amides is 1. The molecule has 0 heterocycles. The Morgan fingerprint density at radius 3 is 2.32 bits per heavy atom. The van der Waals surface area contributed by atoms with Crippen molar-refractivity contribution in [2.45, 2.75) is 70.8 Å². The first-order chi connectivity index (χ1) is 9.20. The molecule has 2 aliphatic rings. The average molecular weight is 262 g/mol. The van der Waals surface area contributed by atoms with Crippen LogP contribution in [0, 0.1) is 29.1 Å². The highest BCUT2D eigenvalue weighted by Gasteiger charge is 2.29. The summed E-state index contributed by atoms with van der Waals surface area (Å²) >= 11 is 0. The van der Waals surface area contributed by atoms with Gasteiger partial charge in [-0.15, -0.1) is 0 Å². The van der Waals surface area contributed by atoms with E-state index in [1.54, 1.807) is 0 Å². The maximum Gasteiger partial charge on any atom is 0.224 e. The number of carbonyl (C=O) groups excluding carboxylic acids is 1. The second kappa shape index (κ2) is 6.93. The molecule has 0 aromatic heterocycles. The lowest BCUT2D eigenvalue weighted by molar-refractivity contribution is -0.126. The van der Waals surface area contributed by atoms with E-state index >= 15 is 0 Å². The number of hydrogen-bond acceptors (Lipinski definition) is 2. The standard InChI is InChI=1S/C16H26N2O/c1-12-7-9-14(10-8-12)16(19)18-15(11-17)13-5-3-2-4-6-13/h12-15H,2-10H2,1H3,(H,18,19). The first-order valence-corrected chi connectivity index (χ1v) is 7.90. The number of hydrogen-bond donors (Lipinski definition) is 1. The summed E-state index contributed by atoms with van der Waals surface area (Å²) < 4.78 is 0. The van der Waals surface area contributed by atoms with Crippen molar-refractivity contribution < 1.29 is 4.79 Å². The van der Waals surface area contributed by atoms with Crippen LogP contribution in [0.25, 0.3) is 0 Å². The monoisotopic (exact) mass is 262 g/mol. The number of nitriles is 1. The van der Waals surface area contributed by atoms with Crippen LogP contribution in [0.2, 0.25) is 0 Å². The SMILES string of the molecule is CC1CCC(C(=O)NC(C#N)C2CCCCC2)CC1. The number of nitrogens with zero attached hydrogens (tertiary/aromatic N) is 1. The van der Waals surface area contributed by atoms with Gasteiger partial charge in [-0.1, -0.05) is 26.2 Å². The van der Waals surface area contributed by atoms with Gasteiger partial charge in [0.15, 0.2) is 0 Å². The molecule has 1 unspecified atom stereocenters. The Balaban J connectivity index is 1.84. The van der Waals surface area contributed by atoms with Gasteiger partial charge in [0, 0.05) is 5.92 Å². The molecular weight excluding hydrogens is 236 g/mol. The van der Waals surface area contributed by atoms with Gasteiger partial charge < -0.3 is 5.32 Å². The second-order valence-electron chi connectivity index (χ2n) is 6.47. The number of nitrogens with one attached hydrogen (secondary N) is 1. The Morgan fingerprint density at radius 1 is 1.11 bits per heavy atom. The molecule has 2 saturated carbocycles. The summed E-state index contributed by atoms with van der Waals surface area (Å²) in [4.78, 5) is 12.3. The van der Waals surface area contributed by atoms with Gasteiger partial charge in [0.25, 0.3) is 0 Å². The molecule has 3 heteroatoms. The van der Waals surface area contributed by atoms with Crippen molar-refractivity contribution in [2.75, 3.05) is 0 Å². The van der Waals surface area contributed by atoms with Gasteiger partial charge in [0.05, 0.1) is 6.07 Å². The highest BCUT2D eigenvalue weighted by molar-refractivity contribution is 5.79. The Bertz CT molecular complexity index is 333. The third-order valence-electron chi connectivity index (χ3n) is 4.94. The summed E-state index contributed by atoms with van der Waals surface area (Å²) in [6.07, 6.45) is 10.2. The molecule has 0 aromatic carbocycles. The number of carbonyl (C=O) groups is 1. The average Bonchev–Trinajstić information content (AvgIpc) is 2.46. The van der Waals surface area contributed by atoms with E-state index in [0.29, 0.717) is 5.92 Å². The van der Waals surface area contributed by atoms with Crippen LogP contribution in [0.15, 0.2) is 0 Å². The third-order valence-corrected chi connectivity index (χ3v) is 4.94. The topological polar surface area (TPSA) is 52.9 Å². The zero-order valence-electron chi connectivity index (χ0n) is 12.0. The van der Waals surface area contributed by atoms with E-state index in [4.69, 9.17) is 0 Å². The largest absolute Gasteiger partial charge is 0.340 e. The molecule has 0 aliphatic heterocycles. The Morgan fingerprint density at radius 2 is 1.74 bits per heavy atom. The minimum Gasteiger partial charge on any atom is -0.340 e. The van der Waals surface area contributed by atoms with Crippen molar-refractivity contribution in [1.82, 2.24) is 5.32 Å². The summed E-state index contributed by atoms with van der Waals surface area (Å²) in [6, 6.07) is 2.06. The molecule has 0 aromatic rings. The van der Waals surface area contributed by atoms with Crippen LogP contribution in [0.3, 0.4) is 0 Å². The van der Waals surface area contributed by atoms with Crippen LogP contribution in [0.1, 0.15) is 64.7 Å². The molecule has 1 amide bonds. The van der Waals surface area contributed by atoms with E-state index in [0.717, 1.165) is 44.4 Å². The predicted molar refractivity (Wildman–Crippen MR) is 75.2 cm³/mol. The van der Waals surface area contributed by atoms with E-state index in [2.05, 4.69) is 18.3 Å². The smallest absolute Gasteiger partial charge is 0.224 e. The Labute approximate surface area is 116 Å². The summed E-state index contributed by atoms with van der Waals surface area (Å²) in [5.41, 5.74) is 0. The van der Waals surface area contributed by atoms with Crippen LogP contribution < -0.4 is 5.32 Å². The maximum atomic E-state index is 12.3. The molecule has 0 radical (unpaired) electrons. The fourth-order valence-electron chi connectivity index (χ4n) is 3.52. The minimum atomic E-state index is -0.257. The normalized spacial score (nSPS) is 30.3. The fraction of sp³-hybridized carbons (Fsp3) is 0.875. The summed E-state index contributed by atoms with van der Waals surface area (Å²) in [6.45, 7) is 2.26. The lowest BCUT2D eigenvalue weighted by Gasteiger charge is -2.30. The maximum absolute atomic E-state index is 12.3. The molecule has 2 fully saturated rings. The van der Waals surface area contributed by atoms with Crippen LogP contribution in [-0.4, -0.2) is 11.9 Å². The van der Waals surface area contributed by atoms with E-state index in [1.165, 1.54) is 19.3 Å². The van der Waals surface area contributed by atoms with E-state index in [-0.39, 0.29) is 17.9 Å². The summed E-state index contributed by atoms with van der Waals surface area (Å²) in [5.74, 6) is 1.42. The lowest BCUT2D eigenvalue weighted by Crippen LogP contribution is -2.43. The third kappa shape index (κ3) is 3.96. The fourth-order valence-corrected chi connectivity index (χ4v) is 3.52. The van der Waals surface area contributed by atoms with Crippen molar-refractivity contribution in [3.63, 3.8) is 0 Å². The molecule has 106 valence electrons. The van der Waals surface area contributed by atoms with Gasteiger partial charge in [-0.2, -0.15) is 5.26 Å². The van der Waals surface area contributed by atoms with E-state index in [1.807, 2.05) is 0 Å². The molecular formula is C16H26N2O. The van der Waals surface area contributed by atoms with E-state index < -0.39 is 0 Å².